The molecule has 3 rings (SSSR count). The van der Waals surface area contributed by atoms with Crippen LogP contribution in [0.25, 0.3) is 11.0 Å². The molecule has 1 heterocycles. The number of halogens is 2. The van der Waals surface area contributed by atoms with Gasteiger partial charge in [0.15, 0.2) is 0 Å². The second kappa shape index (κ2) is 7.38. The summed E-state index contributed by atoms with van der Waals surface area (Å²) >= 11 is 0. The van der Waals surface area contributed by atoms with Crippen LogP contribution < -0.4 is 11.1 Å². The zero-order valence-corrected chi connectivity index (χ0v) is 15.6. The first-order valence-corrected chi connectivity index (χ1v) is 8.73. The Labute approximate surface area is 159 Å². The van der Waals surface area contributed by atoms with Crippen LogP contribution in [0.1, 0.15) is 35.8 Å². The number of amides is 1. The molecular weight excluding hydrogens is 368 g/mol. The third-order valence-electron chi connectivity index (χ3n) is 4.85. The lowest BCUT2D eigenvalue weighted by Crippen LogP contribution is -2.36. The summed E-state index contributed by atoms with van der Waals surface area (Å²) in [6.45, 7) is 3.64. The van der Waals surface area contributed by atoms with Crippen LogP contribution >= 0.6 is 0 Å². The summed E-state index contributed by atoms with van der Waals surface area (Å²) in [5.41, 5.74) is -0.296. The van der Waals surface area contributed by atoms with Gasteiger partial charge in [-0.3, -0.25) is 14.4 Å². The van der Waals surface area contributed by atoms with Gasteiger partial charge in [0, 0.05) is 24.7 Å². The smallest absolute Gasteiger partial charge is 0.316 e. The Morgan fingerprint density at radius 2 is 1.89 bits per heavy atom. The number of aryl methyl sites for hydroxylation is 1. The molecule has 1 amide bonds. The van der Waals surface area contributed by atoms with E-state index in [0.717, 1.165) is 18.2 Å². The highest BCUT2D eigenvalue weighted by Gasteiger charge is 2.22. The largest absolute Gasteiger partial charge is 0.335 e. The van der Waals surface area contributed by atoms with Crippen LogP contribution in [-0.4, -0.2) is 27.4 Å². The number of benzene rings is 2. The van der Waals surface area contributed by atoms with Gasteiger partial charge in [0.05, 0.1) is 17.1 Å². The van der Waals surface area contributed by atoms with E-state index in [-0.39, 0.29) is 11.1 Å². The standard InChI is InChI=1S/C20H19F2N3O3/c1-4-25-17-8-5-12(9-16(17)23-18(26)20(25)28)19(27)24(3)11(2)14-10-13(21)6-7-15(14)22/h5-11H,4H2,1-3H3,(H,23,26). The highest BCUT2D eigenvalue weighted by Crippen LogP contribution is 2.25. The lowest BCUT2D eigenvalue weighted by molar-refractivity contribution is 0.0740. The number of carbonyl (C=O) groups excluding carboxylic acids is 1. The van der Waals surface area contributed by atoms with Gasteiger partial charge in [0.2, 0.25) is 0 Å². The minimum absolute atomic E-state index is 0.0601. The molecule has 0 saturated heterocycles. The average Bonchev–Trinajstić information content (AvgIpc) is 2.68. The first-order chi connectivity index (χ1) is 13.2. The average molecular weight is 387 g/mol. The van der Waals surface area contributed by atoms with Crippen molar-refractivity contribution in [2.45, 2.75) is 26.4 Å². The van der Waals surface area contributed by atoms with Crippen LogP contribution in [0.4, 0.5) is 8.78 Å². The third kappa shape index (κ3) is 3.33. The van der Waals surface area contributed by atoms with E-state index in [9.17, 15) is 23.2 Å². The Morgan fingerprint density at radius 3 is 2.57 bits per heavy atom. The second-order valence-corrected chi connectivity index (χ2v) is 6.49. The highest BCUT2D eigenvalue weighted by molar-refractivity contribution is 5.97. The molecule has 1 aromatic heterocycles. The summed E-state index contributed by atoms with van der Waals surface area (Å²) in [6, 6.07) is 6.94. The van der Waals surface area contributed by atoms with Crippen LogP contribution in [0.15, 0.2) is 46.0 Å². The van der Waals surface area contributed by atoms with Crippen LogP contribution in [0.5, 0.6) is 0 Å². The van der Waals surface area contributed by atoms with E-state index >= 15 is 0 Å². The molecule has 0 bridgehead atoms. The van der Waals surface area contributed by atoms with Crippen molar-refractivity contribution in [1.82, 2.24) is 14.5 Å². The number of hydrogen-bond acceptors (Lipinski definition) is 3. The van der Waals surface area contributed by atoms with Gasteiger partial charge in [0.1, 0.15) is 11.6 Å². The van der Waals surface area contributed by atoms with E-state index in [1.807, 2.05) is 0 Å². The van der Waals surface area contributed by atoms with Crippen LogP contribution in [-0.2, 0) is 6.54 Å². The van der Waals surface area contributed by atoms with Gasteiger partial charge in [-0.15, -0.1) is 0 Å². The number of aromatic amines is 1. The zero-order valence-electron chi connectivity index (χ0n) is 15.6. The number of carbonyl (C=O) groups is 1. The molecule has 3 aromatic rings. The van der Waals surface area contributed by atoms with E-state index in [2.05, 4.69) is 4.98 Å². The zero-order chi connectivity index (χ0) is 20.6. The van der Waals surface area contributed by atoms with Crippen molar-refractivity contribution in [2.75, 3.05) is 7.05 Å². The molecule has 28 heavy (non-hydrogen) atoms. The van der Waals surface area contributed by atoms with E-state index < -0.39 is 34.7 Å². The fraction of sp³-hybridized carbons (Fsp3) is 0.250. The molecular formula is C20H19F2N3O3. The van der Waals surface area contributed by atoms with Crippen molar-refractivity contribution in [3.05, 3.63) is 79.9 Å². The molecule has 0 radical (unpaired) electrons. The minimum Gasteiger partial charge on any atom is -0.335 e. The van der Waals surface area contributed by atoms with Gasteiger partial charge in [-0.2, -0.15) is 0 Å². The van der Waals surface area contributed by atoms with E-state index in [0.29, 0.717) is 17.6 Å². The van der Waals surface area contributed by atoms with Gasteiger partial charge < -0.3 is 14.5 Å². The molecule has 2 aromatic carbocycles. The lowest BCUT2D eigenvalue weighted by atomic mass is 10.0. The van der Waals surface area contributed by atoms with Crippen molar-refractivity contribution in [3.63, 3.8) is 0 Å². The fourth-order valence-corrected chi connectivity index (χ4v) is 3.15. The maximum Gasteiger partial charge on any atom is 0.316 e. The third-order valence-corrected chi connectivity index (χ3v) is 4.85. The predicted octanol–water partition coefficient (Wildman–Crippen LogP) is 2.82. The Bertz CT molecular complexity index is 1180. The van der Waals surface area contributed by atoms with Crippen molar-refractivity contribution in [2.24, 2.45) is 0 Å². The maximum absolute atomic E-state index is 14.0. The van der Waals surface area contributed by atoms with E-state index in [4.69, 9.17) is 0 Å². The predicted molar refractivity (Wildman–Crippen MR) is 101 cm³/mol. The quantitative estimate of drug-likeness (QED) is 0.700. The molecule has 0 aliphatic heterocycles. The molecule has 1 atom stereocenters. The van der Waals surface area contributed by atoms with Gasteiger partial charge in [-0.25, -0.2) is 8.78 Å². The van der Waals surface area contributed by atoms with Gasteiger partial charge >= 0.3 is 11.1 Å². The molecule has 146 valence electrons. The fourth-order valence-electron chi connectivity index (χ4n) is 3.15. The number of H-pyrrole nitrogens is 1. The molecule has 1 unspecified atom stereocenters. The first kappa shape index (κ1) is 19.5. The van der Waals surface area contributed by atoms with Crippen molar-refractivity contribution >= 4 is 16.9 Å². The number of rotatable bonds is 4. The molecule has 0 saturated carbocycles. The Morgan fingerprint density at radius 1 is 1.18 bits per heavy atom. The molecule has 8 heteroatoms. The van der Waals surface area contributed by atoms with Gasteiger partial charge in [-0.1, -0.05) is 0 Å². The Balaban J connectivity index is 2.01. The number of aromatic nitrogens is 2. The summed E-state index contributed by atoms with van der Waals surface area (Å²) in [4.78, 5) is 40.4. The second-order valence-electron chi connectivity index (χ2n) is 6.49. The van der Waals surface area contributed by atoms with Crippen LogP contribution in [0.3, 0.4) is 0 Å². The van der Waals surface area contributed by atoms with Crippen molar-refractivity contribution in [1.29, 1.82) is 0 Å². The number of nitrogens with zero attached hydrogens (tertiary/aromatic N) is 2. The molecule has 1 N–H and O–H groups in total. The summed E-state index contributed by atoms with van der Waals surface area (Å²) in [7, 11) is 1.48. The van der Waals surface area contributed by atoms with Gasteiger partial charge in [-0.05, 0) is 50.2 Å². The molecule has 0 spiro atoms. The molecule has 0 aliphatic carbocycles. The highest BCUT2D eigenvalue weighted by atomic mass is 19.1. The summed E-state index contributed by atoms with van der Waals surface area (Å²) < 4.78 is 28.8. The summed E-state index contributed by atoms with van der Waals surface area (Å²) in [5.74, 6) is -1.64. The van der Waals surface area contributed by atoms with E-state index in [1.54, 1.807) is 19.9 Å². The molecule has 6 nitrogen and oxygen atoms in total. The minimum atomic E-state index is -0.775. The van der Waals surface area contributed by atoms with Crippen LogP contribution in [0, 0.1) is 11.6 Å². The Kier molecular flexibility index (Phi) is 5.13. The summed E-state index contributed by atoms with van der Waals surface area (Å²) in [6.07, 6.45) is 0. The monoisotopic (exact) mass is 387 g/mol. The molecule has 0 aliphatic rings. The van der Waals surface area contributed by atoms with Crippen LogP contribution in [0.2, 0.25) is 0 Å². The van der Waals surface area contributed by atoms with Gasteiger partial charge in [0.25, 0.3) is 5.91 Å². The first-order valence-electron chi connectivity index (χ1n) is 8.73. The number of nitrogens with one attached hydrogen (secondary N) is 1. The topological polar surface area (TPSA) is 75.2 Å². The summed E-state index contributed by atoms with van der Waals surface area (Å²) in [5, 5.41) is 0. The van der Waals surface area contributed by atoms with E-state index in [1.165, 1.54) is 28.6 Å². The SMILES string of the molecule is CCn1c(=O)c(=O)[nH]c2cc(C(=O)N(C)C(C)c3cc(F)ccc3F)ccc21. The van der Waals surface area contributed by atoms with Crippen molar-refractivity contribution in [3.8, 4) is 0 Å². The molecule has 0 fully saturated rings. The number of hydrogen-bond donors (Lipinski definition) is 1. The lowest BCUT2D eigenvalue weighted by Gasteiger charge is -2.26. The van der Waals surface area contributed by atoms with Crippen molar-refractivity contribution < 1.29 is 13.6 Å². The number of fused-ring (bicyclic) bond motifs is 1. The Hall–Kier alpha value is -3.29. The normalized spacial score (nSPS) is 12.2. The maximum atomic E-state index is 14.0.